The molecule has 0 fully saturated rings. The van der Waals surface area contributed by atoms with Crippen molar-refractivity contribution < 1.29 is 23.9 Å². The van der Waals surface area contributed by atoms with Crippen molar-refractivity contribution in [1.29, 1.82) is 0 Å². The van der Waals surface area contributed by atoms with Gasteiger partial charge in [0.1, 0.15) is 0 Å². The minimum atomic E-state index is -0.912. The molecule has 0 N–H and O–H groups in total. The topological polar surface area (TPSA) is 69.7 Å². The molecule has 0 aromatic heterocycles. The molecule has 0 radical (unpaired) electrons. The fourth-order valence-electron chi connectivity index (χ4n) is 1.12. The number of carbonyl (C=O) groups excluding carboxylic acids is 3. The summed E-state index contributed by atoms with van der Waals surface area (Å²) < 4.78 is 9.44. The van der Waals surface area contributed by atoms with Crippen molar-refractivity contribution in [2.75, 3.05) is 6.61 Å². The van der Waals surface area contributed by atoms with Crippen molar-refractivity contribution in [3.63, 3.8) is 0 Å². The first-order valence-corrected chi connectivity index (χ1v) is 6.64. The number of unbranched alkanes of at least 4 members (excludes halogenated alkanes) is 1. The van der Waals surface area contributed by atoms with E-state index in [0.717, 1.165) is 25.0 Å². The van der Waals surface area contributed by atoms with Gasteiger partial charge in [0.15, 0.2) is 0 Å². The van der Waals surface area contributed by atoms with Crippen molar-refractivity contribution in [3.05, 3.63) is 24.8 Å². The summed E-state index contributed by atoms with van der Waals surface area (Å²) in [4.78, 5) is 34.3. The molecule has 1 unspecified atom stereocenters. The highest BCUT2D eigenvalue weighted by Crippen LogP contribution is 2.24. The summed E-state index contributed by atoms with van der Waals surface area (Å²) in [5.74, 6) is -2.22. The number of ether oxygens (including phenoxy) is 2. The van der Waals surface area contributed by atoms with Gasteiger partial charge < -0.3 is 9.47 Å². The summed E-state index contributed by atoms with van der Waals surface area (Å²) in [7, 11) is 0. The highest BCUT2D eigenvalue weighted by atomic mass is 16.6. The lowest BCUT2D eigenvalue weighted by molar-refractivity contribution is -0.162. The Hall–Kier alpha value is -1.91. The molecule has 0 heterocycles. The van der Waals surface area contributed by atoms with Crippen molar-refractivity contribution in [3.8, 4) is 0 Å². The second-order valence-corrected chi connectivity index (χ2v) is 4.54. The molecule has 0 saturated carbocycles. The number of hydrogen-bond acceptors (Lipinski definition) is 5. The standard InChI is InChI=1S/C15H22O5/c1-5-8-11-19-12(16)9-10-13(17)20-14(18)15(4,6-2)7-3/h6,9-10H,2,5,7-8,11H2,1,3-4H3/b10-9-. The first kappa shape index (κ1) is 18.1. The molecule has 0 aromatic rings. The van der Waals surface area contributed by atoms with E-state index in [1.54, 1.807) is 13.8 Å². The number of esters is 3. The molecule has 0 saturated heterocycles. The van der Waals surface area contributed by atoms with Crippen LogP contribution in [0.4, 0.5) is 0 Å². The van der Waals surface area contributed by atoms with Crippen LogP contribution >= 0.6 is 0 Å². The van der Waals surface area contributed by atoms with Gasteiger partial charge in [0.25, 0.3) is 0 Å². The molecule has 5 heteroatoms. The van der Waals surface area contributed by atoms with Crippen LogP contribution in [-0.4, -0.2) is 24.5 Å². The molecule has 0 aliphatic carbocycles. The summed E-state index contributed by atoms with van der Waals surface area (Å²) in [6.07, 6.45) is 5.39. The molecule has 0 aliphatic heterocycles. The first-order chi connectivity index (χ1) is 9.39. The van der Waals surface area contributed by atoms with Crippen LogP contribution in [-0.2, 0) is 23.9 Å². The molecule has 112 valence electrons. The lowest BCUT2D eigenvalue weighted by atomic mass is 9.88. The Bertz CT molecular complexity index is 397. The summed E-state index contributed by atoms with van der Waals surface area (Å²) in [5, 5.41) is 0. The lowest BCUT2D eigenvalue weighted by Crippen LogP contribution is -2.28. The highest BCUT2D eigenvalue weighted by molar-refractivity contribution is 5.98. The molecule has 20 heavy (non-hydrogen) atoms. The maximum atomic E-state index is 11.7. The summed E-state index contributed by atoms with van der Waals surface area (Å²) >= 11 is 0. The van der Waals surface area contributed by atoms with Crippen LogP contribution in [0, 0.1) is 5.41 Å². The second-order valence-electron chi connectivity index (χ2n) is 4.54. The predicted octanol–water partition coefficient (Wildman–Crippen LogP) is 2.56. The van der Waals surface area contributed by atoms with Gasteiger partial charge in [0.05, 0.1) is 12.0 Å². The van der Waals surface area contributed by atoms with E-state index in [9.17, 15) is 14.4 Å². The van der Waals surface area contributed by atoms with Crippen LogP contribution < -0.4 is 0 Å². The zero-order chi connectivity index (χ0) is 15.6. The molecule has 0 aliphatic rings. The van der Waals surface area contributed by atoms with Crippen molar-refractivity contribution in [2.45, 2.75) is 40.0 Å². The van der Waals surface area contributed by atoms with Gasteiger partial charge in [-0.2, -0.15) is 0 Å². The molecule has 5 nitrogen and oxygen atoms in total. The minimum Gasteiger partial charge on any atom is -0.463 e. The van der Waals surface area contributed by atoms with Crippen LogP contribution in [0.3, 0.4) is 0 Å². The summed E-state index contributed by atoms with van der Waals surface area (Å²) in [5.41, 5.74) is -0.912. The van der Waals surface area contributed by atoms with Gasteiger partial charge >= 0.3 is 17.9 Å². The maximum Gasteiger partial charge on any atom is 0.338 e. The fraction of sp³-hybridized carbons (Fsp3) is 0.533. The smallest absolute Gasteiger partial charge is 0.338 e. The fourth-order valence-corrected chi connectivity index (χ4v) is 1.12. The van der Waals surface area contributed by atoms with E-state index in [1.165, 1.54) is 6.08 Å². The van der Waals surface area contributed by atoms with E-state index >= 15 is 0 Å². The number of rotatable bonds is 8. The van der Waals surface area contributed by atoms with Gasteiger partial charge in [-0.15, -0.1) is 6.58 Å². The molecule has 0 spiro atoms. The lowest BCUT2D eigenvalue weighted by Gasteiger charge is -2.19. The highest BCUT2D eigenvalue weighted by Gasteiger charge is 2.30. The van der Waals surface area contributed by atoms with E-state index in [2.05, 4.69) is 11.3 Å². The summed E-state index contributed by atoms with van der Waals surface area (Å²) in [6, 6.07) is 0. The summed E-state index contributed by atoms with van der Waals surface area (Å²) in [6.45, 7) is 9.23. The number of carbonyl (C=O) groups is 3. The van der Waals surface area contributed by atoms with Gasteiger partial charge in [0, 0.05) is 12.2 Å². The van der Waals surface area contributed by atoms with Gasteiger partial charge in [-0.1, -0.05) is 26.3 Å². The van der Waals surface area contributed by atoms with Crippen molar-refractivity contribution in [2.24, 2.45) is 5.41 Å². The van der Waals surface area contributed by atoms with E-state index < -0.39 is 23.3 Å². The van der Waals surface area contributed by atoms with E-state index in [-0.39, 0.29) is 0 Å². The Balaban J connectivity index is 4.32. The van der Waals surface area contributed by atoms with Crippen LogP contribution in [0.15, 0.2) is 24.8 Å². The van der Waals surface area contributed by atoms with Crippen molar-refractivity contribution in [1.82, 2.24) is 0 Å². The quantitative estimate of drug-likeness (QED) is 0.225. The average Bonchev–Trinajstić information content (AvgIpc) is 2.44. The zero-order valence-electron chi connectivity index (χ0n) is 12.3. The zero-order valence-corrected chi connectivity index (χ0v) is 12.3. The van der Waals surface area contributed by atoms with E-state index in [1.807, 2.05) is 6.92 Å². The largest absolute Gasteiger partial charge is 0.463 e. The van der Waals surface area contributed by atoms with Crippen LogP contribution in [0.2, 0.25) is 0 Å². The molecule has 1 atom stereocenters. The maximum absolute atomic E-state index is 11.7. The van der Waals surface area contributed by atoms with E-state index in [4.69, 9.17) is 4.74 Å². The van der Waals surface area contributed by atoms with Crippen molar-refractivity contribution >= 4 is 17.9 Å². The number of hydrogen-bond donors (Lipinski definition) is 0. The van der Waals surface area contributed by atoms with Gasteiger partial charge in [0.2, 0.25) is 0 Å². The Kier molecular flexibility index (Phi) is 8.20. The monoisotopic (exact) mass is 282 g/mol. The molecule has 0 bridgehead atoms. The van der Waals surface area contributed by atoms with E-state index in [0.29, 0.717) is 13.0 Å². The SMILES string of the molecule is C=CC(C)(CC)C(=O)OC(=O)/C=C\C(=O)OCCCC. The van der Waals surface area contributed by atoms with Crippen LogP contribution in [0.25, 0.3) is 0 Å². The third kappa shape index (κ3) is 6.31. The van der Waals surface area contributed by atoms with Gasteiger partial charge in [-0.05, 0) is 19.8 Å². The van der Waals surface area contributed by atoms with Gasteiger partial charge in [-0.25, -0.2) is 9.59 Å². The second kappa shape index (κ2) is 9.07. The predicted molar refractivity (Wildman–Crippen MR) is 74.7 cm³/mol. The van der Waals surface area contributed by atoms with Gasteiger partial charge in [-0.3, -0.25) is 4.79 Å². The minimum absolute atomic E-state index is 0.304. The molecular formula is C15H22O5. The third-order valence-electron chi connectivity index (χ3n) is 2.94. The Morgan fingerprint density at radius 2 is 1.75 bits per heavy atom. The normalized spacial score (nSPS) is 13.6. The molecular weight excluding hydrogens is 260 g/mol. The first-order valence-electron chi connectivity index (χ1n) is 6.64. The van der Waals surface area contributed by atoms with Crippen LogP contribution in [0.5, 0.6) is 0 Å². The molecule has 0 aromatic carbocycles. The third-order valence-corrected chi connectivity index (χ3v) is 2.94. The Morgan fingerprint density at radius 1 is 1.15 bits per heavy atom. The molecule has 0 rings (SSSR count). The Morgan fingerprint density at radius 3 is 2.25 bits per heavy atom. The van der Waals surface area contributed by atoms with Crippen LogP contribution in [0.1, 0.15) is 40.0 Å². The Labute approximate surface area is 119 Å². The average molecular weight is 282 g/mol. The molecule has 0 amide bonds.